The molecule has 1 spiro atoms. The molecule has 4 aliphatic rings. The van der Waals surface area contributed by atoms with Crippen molar-refractivity contribution in [1.29, 1.82) is 0 Å². The van der Waals surface area contributed by atoms with E-state index in [-0.39, 0.29) is 23.8 Å². The summed E-state index contributed by atoms with van der Waals surface area (Å²) in [6.45, 7) is 4.18. The molecule has 2 bridgehead atoms. The van der Waals surface area contributed by atoms with E-state index in [2.05, 4.69) is 31.2 Å². The first-order valence-electron chi connectivity index (χ1n) is 13.2. The number of carbonyl (C=O) groups excluding carboxylic acids is 2. The average molecular weight is 519 g/mol. The molecule has 1 saturated heterocycles. The highest BCUT2D eigenvalue weighted by molar-refractivity contribution is 7.89. The first-order chi connectivity index (χ1) is 17.7. The van der Waals surface area contributed by atoms with Crippen LogP contribution in [-0.4, -0.2) is 38.4 Å². The summed E-state index contributed by atoms with van der Waals surface area (Å²) in [5, 5.41) is 0. The Bertz CT molecular complexity index is 1310. The van der Waals surface area contributed by atoms with Crippen molar-refractivity contribution in [2.45, 2.75) is 73.9 Å². The molecule has 2 unspecified atom stereocenters. The van der Waals surface area contributed by atoms with E-state index in [1.807, 2.05) is 43.3 Å². The predicted molar refractivity (Wildman–Crippen MR) is 142 cm³/mol. The normalized spacial score (nSPS) is 31.9. The number of esters is 2. The van der Waals surface area contributed by atoms with Crippen LogP contribution in [0.15, 0.2) is 71.8 Å². The van der Waals surface area contributed by atoms with Crippen LogP contribution in [0.1, 0.15) is 57.1 Å². The highest BCUT2D eigenvalue weighted by Crippen LogP contribution is 2.78. The molecule has 3 fully saturated rings. The van der Waals surface area contributed by atoms with Crippen LogP contribution in [0.3, 0.4) is 0 Å². The summed E-state index contributed by atoms with van der Waals surface area (Å²) in [7, 11) is 0.0721. The lowest BCUT2D eigenvalue weighted by atomic mass is 9.60. The topological polar surface area (TPSA) is 69.7 Å². The van der Waals surface area contributed by atoms with Gasteiger partial charge in [-0.1, -0.05) is 60.7 Å². The summed E-state index contributed by atoms with van der Waals surface area (Å²) in [4.78, 5) is 26.0. The smallest absolute Gasteiger partial charge is 0.311 e. The fourth-order valence-electron chi connectivity index (χ4n) is 7.37. The average Bonchev–Trinajstić information content (AvgIpc) is 3.82. The Morgan fingerprint density at radius 3 is 1.89 bits per heavy atom. The SMILES string of the molecule is COC(=O)CC1(OC(=O)[C@@H]2C3(C)C(Cc4ccccc4)=C(Cc4ccccc4)[C@@](C)(S3=O)C23CC3)CC1. The van der Waals surface area contributed by atoms with Crippen LogP contribution < -0.4 is 0 Å². The third kappa shape index (κ3) is 3.51. The van der Waals surface area contributed by atoms with Crippen LogP contribution in [0.2, 0.25) is 0 Å². The molecule has 2 aromatic carbocycles. The third-order valence-electron chi connectivity index (χ3n) is 9.64. The fraction of sp³-hybridized carbons (Fsp3) is 0.484. The number of fused-ring (bicyclic) bond motifs is 3. The first-order valence-corrected chi connectivity index (χ1v) is 14.4. The van der Waals surface area contributed by atoms with Crippen LogP contribution in [0, 0.1) is 11.3 Å². The van der Waals surface area contributed by atoms with Crippen molar-refractivity contribution in [3.05, 3.63) is 82.9 Å². The van der Waals surface area contributed by atoms with Gasteiger partial charge in [-0.3, -0.25) is 13.8 Å². The molecule has 6 heteroatoms. The van der Waals surface area contributed by atoms with Gasteiger partial charge in [0.2, 0.25) is 0 Å². The number of hydrogen-bond donors (Lipinski definition) is 0. The van der Waals surface area contributed by atoms with E-state index in [0.717, 1.165) is 30.4 Å². The van der Waals surface area contributed by atoms with Crippen molar-refractivity contribution < 1.29 is 23.3 Å². The molecule has 0 radical (unpaired) electrons. The number of rotatable bonds is 8. The second-order valence-corrected chi connectivity index (χ2v) is 13.8. The van der Waals surface area contributed by atoms with Crippen molar-refractivity contribution in [1.82, 2.24) is 0 Å². The summed E-state index contributed by atoms with van der Waals surface area (Å²) < 4.78 is 24.2. The Morgan fingerprint density at radius 2 is 1.41 bits per heavy atom. The Hall–Kier alpha value is -2.73. The lowest BCUT2D eigenvalue weighted by molar-refractivity contribution is -0.163. The molecule has 2 aliphatic heterocycles. The molecule has 194 valence electrons. The van der Waals surface area contributed by atoms with E-state index in [1.165, 1.54) is 18.2 Å². The monoisotopic (exact) mass is 518 g/mol. The van der Waals surface area contributed by atoms with E-state index >= 15 is 0 Å². The van der Waals surface area contributed by atoms with E-state index in [1.54, 1.807) is 0 Å². The van der Waals surface area contributed by atoms with Gasteiger partial charge in [-0.05, 0) is 74.6 Å². The second-order valence-electron chi connectivity index (χ2n) is 11.6. The summed E-state index contributed by atoms with van der Waals surface area (Å²) >= 11 is 0. The number of benzene rings is 2. The van der Waals surface area contributed by atoms with Gasteiger partial charge in [0.1, 0.15) is 5.60 Å². The molecule has 2 saturated carbocycles. The summed E-state index contributed by atoms with van der Waals surface area (Å²) in [6, 6.07) is 20.6. The fourth-order valence-corrected chi connectivity index (χ4v) is 10.3. The van der Waals surface area contributed by atoms with Crippen molar-refractivity contribution in [3.8, 4) is 0 Å². The Kier molecular flexibility index (Phi) is 5.58. The van der Waals surface area contributed by atoms with Crippen molar-refractivity contribution in [2.75, 3.05) is 7.11 Å². The maximum atomic E-state index is 14.6. The summed E-state index contributed by atoms with van der Waals surface area (Å²) in [5.74, 6) is -1.14. The number of ether oxygens (including phenoxy) is 2. The molecule has 0 aromatic heterocycles. The quantitative estimate of drug-likeness (QED) is 0.359. The molecular formula is C31H34O5S. The maximum absolute atomic E-state index is 14.6. The number of carbonyl (C=O) groups is 2. The van der Waals surface area contributed by atoms with Gasteiger partial charge in [0, 0.05) is 16.2 Å². The first kappa shape index (κ1) is 24.6. The minimum absolute atomic E-state index is 0.0813. The summed E-state index contributed by atoms with van der Waals surface area (Å²) in [6.07, 6.45) is 4.53. The highest BCUT2D eigenvalue weighted by Gasteiger charge is 2.83. The minimum atomic E-state index is -1.28. The van der Waals surface area contributed by atoms with E-state index in [9.17, 15) is 13.8 Å². The Morgan fingerprint density at radius 1 is 0.865 bits per heavy atom. The van der Waals surface area contributed by atoms with Gasteiger partial charge >= 0.3 is 11.9 Å². The van der Waals surface area contributed by atoms with Crippen molar-refractivity contribution >= 4 is 22.7 Å². The molecule has 2 heterocycles. The van der Waals surface area contributed by atoms with Crippen molar-refractivity contribution in [2.24, 2.45) is 11.3 Å². The van der Waals surface area contributed by atoms with Gasteiger partial charge in [0.25, 0.3) is 0 Å². The standard InChI is InChI=1S/C31H34O5S/c1-28-23(18-21-10-6-4-7-11-21)24(19-22-12-8-5-9-13-22)29(2,37(28)34)31(16-17-31)26(28)27(33)36-30(14-15-30)20-25(32)35-3/h4-13,26H,14-20H2,1-3H3/t26-,28?,29-,37?/m1/s1. The number of methoxy groups -OCH3 is 1. The van der Waals surface area contributed by atoms with Gasteiger partial charge in [-0.2, -0.15) is 0 Å². The van der Waals surface area contributed by atoms with Gasteiger partial charge in [0.15, 0.2) is 0 Å². The van der Waals surface area contributed by atoms with E-state index < -0.39 is 31.8 Å². The van der Waals surface area contributed by atoms with Crippen LogP contribution >= 0.6 is 0 Å². The Balaban J connectivity index is 1.44. The molecular weight excluding hydrogens is 484 g/mol. The molecule has 6 rings (SSSR count). The predicted octanol–water partition coefficient (Wildman–Crippen LogP) is 5.10. The Labute approximate surface area is 221 Å². The second kappa shape index (κ2) is 8.39. The van der Waals surface area contributed by atoms with Gasteiger partial charge in [0.05, 0.1) is 28.9 Å². The minimum Gasteiger partial charge on any atom is -0.469 e. The molecule has 2 aliphatic carbocycles. The zero-order valence-corrected chi connectivity index (χ0v) is 22.6. The molecule has 0 amide bonds. The lowest BCUT2D eigenvalue weighted by Crippen LogP contribution is -2.48. The highest BCUT2D eigenvalue weighted by atomic mass is 32.2. The summed E-state index contributed by atoms with van der Waals surface area (Å²) in [5.41, 5.74) is 3.58. The zero-order valence-electron chi connectivity index (χ0n) is 21.8. The molecule has 37 heavy (non-hydrogen) atoms. The molecule has 2 aromatic rings. The van der Waals surface area contributed by atoms with E-state index in [0.29, 0.717) is 19.3 Å². The molecule has 0 N–H and O–H groups in total. The largest absolute Gasteiger partial charge is 0.469 e. The number of hydrogen-bond acceptors (Lipinski definition) is 5. The van der Waals surface area contributed by atoms with Crippen LogP contribution in [0.25, 0.3) is 0 Å². The zero-order chi connectivity index (χ0) is 26.1. The molecule has 5 nitrogen and oxygen atoms in total. The van der Waals surface area contributed by atoms with Crippen LogP contribution in [-0.2, 0) is 42.7 Å². The van der Waals surface area contributed by atoms with Gasteiger partial charge in [-0.25, -0.2) is 0 Å². The molecule has 4 atom stereocenters. The van der Waals surface area contributed by atoms with E-state index in [4.69, 9.17) is 9.47 Å². The van der Waals surface area contributed by atoms with Crippen LogP contribution in [0.5, 0.6) is 0 Å². The third-order valence-corrected chi connectivity index (χ3v) is 12.3. The van der Waals surface area contributed by atoms with Crippen LogP contribution in [0.4, 0.5) is 0 Å². The van der Waals surface area contributed by atoms with Crippen molar-refractivity contribution in [3.63, 3.8) is 0 Å². The maximum Gasteiger partial charge on any atom is 0.311 e. The van der Waals surface area contributed by atoms with Gasteiger partial charge in [-0.15, -0.1) is 0 Å². The lowest BCUT2D eigenvalue weighted by Gasteiger charge is -2.41. The van der Waals surface area contributed by atoms with Gasteiger partial charge < -0.3 is 9.47 Å².